The molecule has 3 atom stereocenters. The first-order chi connectivity index (χ1) is 10.2. The van der Waals surface area contributed by atoms with E-state index in [0.29, 0.717) is 12.5 Å². The third-order valence-corrected chi connectivity index (χ3v) is 4.34. The van der Waals surface area contributed by atoms with Crippen LogP contribution in [0.15, 0.2) is 43.0 Å². The van der Waals surface area contributed by atoms with E-state index in [1.165, 1.54) is 5.56 Å². The van der Waals surface area contributed by atoms with Gasteiger partial charge in [-0.3, -0.25) is 9.69 Å². The van der Waals surface area contributed by atoms with Crippen molar-refractivity contribution < 1.29 is 9.53 Å². The molecule has 0 spiro atoms. The molecule has 1 aromatic rings. The Kier molecular flexibility index (Phi) is 5.57. The van der Waals surface area contributed by atoms with E-state index < -0.39 is 0 Å². The summed E-state index contributed by atoms with van der Waals surface area (Å²) in [5, 5.41) is 0. The van der Waals surface area contributed by atoms with Gasteiger partial charge in [-0.2, -0.15) is 0 Å². The second-order valence-electron chi connectivity index (χ2n) is 5.59. The maximum absolute atomic E-state index is 12.4. The number of rotatable bonds is 6. The number of esters is 1. The summed E-state index contributed by atoms with van der Waals surface area (Å²) >= 11 is 0. The molecule has 1 heterocycles. The van der Waals surface area contributed by atoms with Crippen molar-refractivity contribution in [2.75, 3.05) is 13.2 Å². The zero-order valence-electron chi connectivity index (χ0n) is 13.0. The van der Waals surface area contributed by atoms with Gasteiger partial charge in [-0.1, -0.05) is 36.4 Å². The Morgan fingerprint density at radius 2 is 2.19 bits per heavy atom. The summed E-state index contributed by atoms with van der Waals surface area (Å²) in [4.78, 5) is 14.7. The van der Waals surface area contributed by atoms with E-state index in [2.05, 4.69) is 30.5 Å². The van der Waals surface area contributed by atoms with E-state index in [9.17, 15) is 4.79 Å². The summed E-state index contributed by atoms with van der Waals surface area (Å²) in [5.41, 5.74) is 1.24. The molecule has 2 rings (SSSR count). The Morgan fingerprint density at radius 1 is 1.48 bits per heavy atom. The molecule has 3 heteroatoms. The Labute approximate surface area is 127 Å². The monoisotopic (exact) mass is 287 g/mol. The summed E-state index contributed by atoms with van der Waals surface area (Å²) in [6.45, 7) is 9.21. The number of hydrogen-bond acceptors (Lipinski definition) is 3. The molecule has 1 aliphatic heterocycles. The minimum Gasteiger partial charge on any atom is -0.465 e. The van der Waals surface area contributed by atoms with Crippen molar-refractivity contribution in [2.24, 2.45) is 5.92 Å². The van der Waals surface area contributed by atoms with Crippen molar-refractivity contribution in [3.63, 3.8) is 0 Å². The number of ether oxygens (including phenoxy) is 1. The lowest BCUT2D eigenvalue weighted by molar-refractivity contribution is -0.150. The number of allylic oxidation sites excluding steroid dienone is 1. The van der Waals surface area contributed by atoms with Gasteiger partial charge >= 0.3 is 5.97 Å². The molecule has 0 amide bonds. The van der Waals surface area contributed by atoms with Gasteiger partial charge in [0.2, 0.25) is 0 Å². The van der Waals surface area contributed by atoms with Crippen LogP contribution < -0.4 is 0 Å². The molecule has 1 aromatic carbocycles. The van der Waals surface area contributed by atoms with E-state index in [1.807, 2.05) is 31.2 Å². The highest BCUT2D eigenvalue weighted by molar-refractivity contribution is 5.76. The van der Waals surface area contributed by atoms with Crippen LogP contribution in [0.1, 0.15) is 38.3 Å². The molecule has 0 bridgehead atoms. The van der Waals surface area contributed by atoms with E-state index in [0.717, 1.165) is 19.4 Å². The lowest BCUT2D eigenvalue weighted by atomic mass is 9.95. The predicted molar refractivity (Wildman–Crippen MR) is 84.9 cm³/mol. The fraction of sp³-hybridized carbons (Fsp3) is 0.500. The van der Waals surface area contributed by atoms with Crippen molar-refractivity contribution >= 4 is 5.97 Å². The largest absolute Gasteiger partial charge is 0.465 e. The van der Waals surface area contributed by atoms with Gasteiger partial charge in [-0.05, 0) is 44.7 Å². The van der Waals surface area contributed by atoms with Gasteiger partial charge in [-0.25, -0.2) is 0 Å². The second-order valence-corrected chi connectivity index (χ2v) is 5.59. The SMILES string of the molecule is C=CCC1CCN(C(C)c2ccccc2)C1C(=O)OCC. The molecule has 0 aromatic heterocycles. The summed E-state index contributed by atoms with van der Waals surface area (Å²) in [5.74, 6) is 0.220. The summed E-state index contributed by atoms with van der Waals surface area (Å²) in [6.07, 6.45) is 3.79. The molecule has 21 heavy (non-hydrogen) atoms. The van der Waals surface area contributed by atoms with Crippen LogP contribution in [0, 0.1) is 5.92 Å². The first kappa shape index (κ1) is 15.8. The summed E-state index contributed by atoms with van der Waals surface area (Å²) < 4.78 is 5.30. The zero-order valence-corrected chi connectivity index (χ0v) is 13.0. The van der Waals surface area contributed by atoms with Crippen LogP contribution in [-0.2, 0) is 9.53 Å². The van der Waals surface area contributed by atoms with Crippen LogP contribution in [-0.4, -0.2) is 30.1 Å². The molecule has 114 valence electrons. The van der Waals surface area contributed by atoms with Gasteiger partial charge < -0.3 is 4.74 Å². The Hall–Kier alpha value is -1.61. The topological polar surface area (TPSA) is 29.5 Å². The van der Waals surface area contributed by atoms with Crippen molar-refractivity contribution in [3.05, 3.63) is 48.6 Å². The Morgan fingerprint density at radius 3 is 2.81 bits per heavy atom. The highest BCUT2D eigenvalue weighted by atomic mass is 16.5. The standard InChI is InChI=1S/C18H25NO2/c1-4-9-16-12-13-19(17(16)18(20)21-5-2)14(3)15-10-7-6-8-11-15/h4,6-8,10-11,14,16-17H,1,5,9,12-13H2,2-3H3. The maximum Gasteiger partial charge on any atom is 0.323 e. The number of likely N-dealkylation sites (tertiary alicyclic amines) is 1. The van der Waals surface area contributed by atoms with Gasteiger partial charge in [0.25, 0.3) is 0 Å². The number of hydrogen-bond donors (Lipinski definition) is 0. The molecule has 0 aliphatic carbocycles. The first-order valence-electron chi connectivity index (χ1n) is 7.77. The van der Waals surface area contributed by atoms with Crippen LogP contribution in [0.2, 0.25) is 0 Å². The van der Waals surface area contributed by atoms with Gasteiger partial charge in [0, 0.05) is 6.04 Å². The van der Waals surface area contributed by atoms with Crippen LogP contribution in [0.3, 0.4) is 0 Å². The second kappa shape index (κ2) is 7.41. The van der Waals surface area contributed by atoms with Crippen LogP contribution >= 0.6 is 0 Å². The summed E-state index contributed by atoms with van der Waals surface area (Å²) in [7, 11) is 0. The summed E-state index contributed by atoms with van der Waals surface area (Å²) in [6, 6.07) is 10.4. The Balaban J connectivity index is 2.20. The fourth-order valence-corrected chi connectivity index (χ4v) is 3.26. The smallest absolute Gasteiger partial charge is 0.323 e. The number of carbonyl (C=O) groups is 1. The average Bonchev–Trinajstić information content (AvgIpc) is 2.92. The van der Waals surface area contributed by atoms with Crippen LogP contribution in [0.25, 0.3) is 0 Å². The van der Waals surface area contributed by atoms with Gasteiger partial charge in [0.05, 0.1) is 6.61 Å². The molecule has 1 aliphatic rings. The van der Waals surface area contributed by atoms with E-state index >= 15 is 0 Å². The van der Waals surface area contributed by atoms with Crippen molar-refractivity contribution in [3.8, 4) is 0 Å². The maximum atomic E-state index is 12.4. The lowest BCUT2D eigenvalue weighted by Crippen LogP contribution is -2.42. The third-order valence-electron chi connectivity index (χ3n) is 4.34. The lowest BCUT2D eigenvalue weighted by Gasteiger charge is -2.31. The van der Waals surface area contributed by atoms with Gasteiger partial charge in [0.1, 0.15) is 6.04 Å². The highest BCUT2D eigenvalue weighted by Crippen LogP contribution is 2.35. The molecular formula is C18H25NO2. The molecule has 3 unspecified atom stereocenters. The quantitative estimate of drug-likeness (QED) is 0.591. The molecule has 0 saturated carbocycles. The van der Waals surface area contributed by atoms with E-state index in [-0.39, 0.29) is 18.1 Å². The molecule has 3 nitrogen and oxygen atoms in total. The number of carbonyl (C=O) groups excluding carboxylic acids is 1. The molecule has 1 saturated heterocycles. The van der Waals surface area contributed by atoms with Crippen LogP contribution in [0.4, 0.5) is 0 Å². The third kappa shape index (κ3) is 3.53. The fourth-order valence-electron chi connectivity index (χ4n) is 3.26. The molecular weight excluding hydrogens is 262 g/mol. The number of nitrogens with zero attached hydrogens (tertiary/aromatic N) is 1. The van der Waals surface area contributed by atoms with E-state index in [1.54, 1.807) is 0 Å². The molecule has 0 N–H and O–H groups in total. The normalized spacial score (nSPS) is 23.7. The minimum absolute atomic E-state index is 0.0929. The van der Waals surface area contributed by atoms with Gasteiger partial charge in [-0.15, -0.1) is 6.58 Å². The minimum atomic E-state index is -0.154. The predicted octanol–water partition coefficient (Wildman–Crippen LogP) is 3.58. The highest BCUT2D eigenvalue weighted by Gasteiger charge is 2.41. The zero-order chi connectivity index (χ0) is 15.2. The average molecular weight is 287 g/mol. The molecule has 1 fully saturated rings. The number of benzene rings is 1. The molecule has 0 radical (unpaired) electrons. The van der Waals surface area contributed by atoms with Crippen molar-refractivity contribution in [1.29, 1.82) is 0 Å². The Bertz CT molecular complexity index is 471. The first-order valence-corrected chi connectivity index (χ1v) is 7.77. The van der Waals surface area contributed by atoms with Crippen molar-refractivity contribution in [2.45, 2.75) is 38.8 Å². The van der Waals surface area contributed by atoms with Crippen molar-refractivity contribution in [1.82, 2.24) is 4.90 Å². The van der Waals surface area contributed by atoms with E-state index in [4.69, 9.17) is 4.74 Å². The van der Waals surface area contributed by atoms with Gasteiger partial charge in [0.15, 0.2) is 0 Å². The van der Waals surface area contributed by atoms with Crippen LogP contribution in [0.5, 0.6) is 0 Å².